The highest BCUT2D eigenvalue weighted by atomic mass is 32.2. The molecule has 0 amide bonds. The molecule has 5 aromatic rings. The maximum atomic E-state index is 5.68. The van der Waals surface area contributed by atoms with E-state index >= 15 is 0 Å². The molecule has 0 aliphatic heterocycles. The van der Waals surface area contributed by atoms with Crippen LogP contribution in [0.2, 0.25) is 0 Å². The number of thiophene rings is 2. The number of hydrogen-bond donors (Lipinski definition) is 2. The summed E-state index contributed by atoms with van der Waals surface area (Å²) in [7, 11) is 0. The van der Waals surface area contributed by atoms with Crippen molar-refractivity contribution in [3.8, 4) is 22.6 Å². The molecule has 30 heavy (non-hydrogen) atoms. The SMILES string of the molecule is NSc1ccc(CNc2nc(-c3ccccn3)nc3scc(-c4ccccc4)c23)s1. The molecule has 0 radical (unpaired) electrons. The summed E-state index contributed by atoms with van der Waals surface area (Å²) < 4.78 is 1.09. The van der Waals surface area contributed by atoms with Crippen molar-refractivity contribution < 1.29 is 0 Å². The van der Waals surface area contributed by atoms with Gasteiger partial charge in [-0.3, -0.25) is 10.1 Å². The van der Waals surface area contributed by atoms with Gasteiger partial charge in [0.1, 0.15) is 16.3 Å². The fourth-order valence-electron chi connectivity index (χ4n) is 3.20. The third-order valence-corrected chi connectivity index (χ3v) is 7.25. The van der Waals surface area contributed by atoms with Gasteiger partial charge in [0.25, 0.3) is 0 Å². The van der Waals surface area contributed by atoms with Gasteiger partial charge in [-0.05, 0) is 41.8 Å². The summed E-state index contributed by atoms with van der Waals surface area (Å²) in [6.07, 6.45) is 1.76. The lowest BCUT2D eigenvalue weighted by atomic mass is 10.1. The summed E-state index contributed by atoms with van der Waals surface area (Å²) >= 11 is 4.58. The second kappa shape index (κ2) is 8.53. The van der Waals surface area contributed by atoms with Crippen molar-refractivity contribution >= 4 is 50.7 Å². The first-order valence-corrected chi connectivity index (χ1v) is 11.8. The lowest BCUT2D eigenvalue weighted by molar-refractivity contribution is 1.12. The molecule has 0 aliphatic carbocycles. The van der Waals surface area contributed by atoms with Crippen molar-refractivity contribution in [1.82, 2.24) is 15.0 Å². The summed E-state index contributed by atoms with van der Waals surface area (Å²) in [6, 6.07) is 20.3. The van der Waals surface area contributed by atoms with Gasteiger partial charge >= 0.3 is 0 Å². The van der Waals surface area contributed by atoms with Gasteiger partial charge in [-0.25, -0.2) is 9.97 Å². The third kappa shape index (κ3) is 3.82. The molecular formula is C22H17N5S3. The van der Waals surface area contributed by atoms with Crippen molar-refractivity contribution in [1.29, 1.82) is 0 Å². The van der Waals surface area contributed by atoms with E-state index < -0.39 is 0 Å². The van der Waals surface area contributed by atoms with Gasteiger partial charge in [0, 0.05) is 22.0 Å². The van der Waals surface area contributed by atoms with E-state index in [4.69, 9.17) is 15.1 Å². The minimum atomic E-state index is 0.622. The molecule has 0 unspecified atom stereocenters. The molecule has 8 heteroatoms. The minimum absolute atomic E-state index is 0.622. The number of pyridine rings is 1. The first-order valence-electron chi connectivity index (χ1n) is 9.27. The number of nitrogens with one attached hydrogen (secondary N) is 1. The third-order valence-electron chi connectivity index (χ3n) is 4.60. The maximum absolute atomic E-state index is 5.68. The maximum Gasteiger partial charge on any atom is 0.181 e. The Hall–Kier alpha value is -2.78. The molecule has 0 saturated carbocycles. The number of rotatable bonds is 6. The topological polar surface area (TPSA) is 76.7 Å². The summed E-state index contributed by atoms with van der Waals surface area (Å²) in [5.41, 5.74) is 3.05. The van der Waals surface area contributed by atoms with Crippen LogP contribution in [0.1, 0.15) is 4.88 Å². The normalized spacial score (nSPS) is 11.1. The Morgan fingerprint density at radius 2 is 1.83 bits per heavy atom. The van der Waals surface area contributed by atoms with Gasteiger partial charge in [0.05, 0.1) is 16.1 Å². The van der Waals surface area contributed by atoms with Crippen LogP contribution in [0.4, 0.5) is 5.82 Å². The van der Waals surface area contributed by atoms with Gasteiger partial charge in [0.2, 0.25) is 0 Å². The molecule has 0 fully saturated rings. The van der Waals surface area contributed by atoms with Crippen molar-refractivity contribution in [2.45, 2.75) is 10.8 Å². The number of anilines is 1. The Kier molecular flexibility index (Phi) is 5.46. The van der Waals surface area contributed by atoms with E-state index in [1.807, 2.05) is 42.5 Å². The predicted molar refractivity (Wildman–Crippen MR) is 128 cm³/mol. The zero-order valence-electron chi connectivity index (χ0n) is 15.8. The Balaban J connectivity index is 1.61. The Labute approximate surface area is 186 Å². The lowest BCUT2D eigenvalue weighted by Gasteiger charge is -2.10. The van der Waals surface area contributed by atoms with E-state index in [-0.39, 0.29) is 0 Å². The Morgan fingerprint density at radius 3 is 2.60 bits per heavy atom. The standard InChI is InChI=1S/C22H17N5S3/c23-30-18-10-9-15(29-18)12-25-21-19-16(14-6-2-1-3-7-14)13-28-22(19)27-20(26-21)17-8-4-5-11-24-17/h1-11,13H,12,23H2,(H,25,26,27). The first-order chi connectivity index (χ1) is 14.8. The highest BCUT2D eigenvalue weighted by Gasteiger charge is 2.17. The van der Waals surface area contributed by atoms with E-state index in [0.717, 1.165) is 37.1 Å². The first kappa shape index (κ1) is 19.2. The van der Waals surface area contributed by atoms with Crippen molar-refractivity contribution in [2.24, 2.45) is 5.14 Å². The molecular weight excluding hydrogens is 430 g/mol. The van der Waals surface area contributed by atoms with Crippen LogP contribution in [0.3, 0.4) is 0 Å². The number of benzene rings is 1. The van der Waals surface area contributed by atoms with Crippen LogP contribution in [-0.4, -0.2) is 15.0 Å². The molecule has 0 bridgehead atoms. The van der Waals surface area contributed by atoms with Crippen LogP contribution in [0.5, 0.6) is 0 Å². The molecule has 5 nitrogen and oxygen atoms in total. The fraction of sp³-hybridized carbons (Fsp3) is 0.0455. The molecule has 1 aromatic carbocycles. The Bertz CT molecular complexity index is 1280. The van der Waals surface area contributed by atoms with E-state index in [9.17, 15) is 0 Å². The summed E-state index contributed by atoms with van der Waals surface area (Å²) in [5.74, 6) is 1.44. The van der Waals surface area contributed by atoms with Crippen LogP contribution in [0.25, 0.3) is 32.9 Å². The van der Waals surface area contributed by atoms with Crippen molar-refractivity contribution in [3.63, 3.8) is 0 Å². The number of aromatic nitrogens is 3. The Morgan fingerprint density at radius 1 is 0.967 bits per heavy atom. The van der Waals surface area contributed by atoms with Crippen LogP contribution < -0.4 is 10.5 Å². The lowest BCUT2D eigenvalue weighted by Crippen LogP contribution is -2.03. The van der Waals surface area contributed by atoms with Crippen molar-refractivity contribution in [2.75, 3.05) is 5.32 Å². The van der Waals surface area contributed by atoms with Crippen LogP contribution in [0.15, 0.2) is 76.4 Å². The van der Waals surface area contributed by atoms with Gasteiger partial charge in [-0.1, -0.05) is 36.4 Å². The summed E-state index contributed by atoms with van der Waals surface area (Å²) in [4.78, 5) is 16.3. The van der Waals surface area contributed by atoms with E-state index in [1.165, 1.54) is 16.8 Å². The van der Waals surface area contributed by atoms with Gasteiger partial charge in [0.15, 0.2) is 5.82 Å². The molecule has 4 aromatic heterocycles. The van der Waals surface area contributed by atoms with E-state index in [0.29, 0.717) is 12.4 Å². The van der Waals surface area contributed by atoms with Crippen LogP contribution in [0, 0.1) is 0 Å². The molecule has 0 atom stereocenters. The second-order valence-electron chi connectivity index (χ2n) is 6.50. The molecule has 0 aliphatic rings. The zero-order valence-corrected chi connectivity index (χ0v) is 18.2. The molecule has 148 valence electrons. The van der Waals surface area contributed by atoms with Gasteiger partial charge < -0.3 is 5.32 Å². The largest absolute Gasteiger partial charge is 0.364 e. The number of nitrogens with two attached hydrogens (primary N) is 1. The molecule has 3 N–H and O–H groups in total. The van der Waals surface area contributed by atoms with Gasteiger partial charge in [-0.2, -0.15) is 0 Å². The minimum Gasteiger partial charge on any atom is -0.364 e. The molecule has 4 heterocycles. The molecule has 0 saturated heterocycles. The number of hydrogen-bond acceptors (Lipinski definition) is 8. The number of nitrogens with zero attached hydrogens (tertiary/aromatic N) is 3. The van der Waals surface area contributed by atoms with Gasteiger partial charge in [-0.15, -0.1) is 22.7 Å². The van der Waals surface area contributed by atoms with Crippen LogP contribution in [-0.2, 0) is 6.54 Å². The quantitative estimate of drug-likeness (QED) is 0.308. The highest BCUT2D eigenvalue weighted by molar-refractivity contribution is 7.99. The van der Waals surface area contributed by atoms with Crippen LogP contribution >= 0.6 is 34.6 Å². The summed E-state index contributed by atoms with van der Waals surface area (Å²) in [6.45, 7) is 0.670. The van der Waals surface area contributed by atoms with E-state index in [1.54, 1.807) is 28.9 Å². The van der Waals surface area contributed by atoms with E-state index in [2.05, 4.69) is 33.9 Å². The number of fused-ring (bicyclic) bond motifs is 1. The molecule has 0 spiro atoms. The van der Waals surface area contributed by atoms with Crippen molar-refractivity contribution in [3.05, 3.63) is 77.1 Å². The monoisotopic (exact) mass is 447 g/mol. The second-order valence-corrected chi connectivity index (χ2v) is 9.46. The summed E-state index contributed by atoms with van der Waals surface area (Å²) in [5, 5.41) is 12.4. The zero-order chi connectivity index (χ0) is 20.3. The predicted octanol–water partition coefficient (Wildman–Crippen LogP) is 6.06. The smallest absolute Gasteiger partial charge is 0.181 e. The highest BCUT2D eigenvalue weighted by Crippen LogP contribution is 2.38. The average Bonchev–Trinajstić information content (AvgIpc) is 3.45. The fourth-order valence-corrected chi connectivity index (χ4v) is 5.48. The average molecular weight is 448 g/mol. The molecule has 5 rings (SSSR count).